The van der Waals surface area contributed by atoms with Crippen LogP contribution in [0.2, 0.25) is 20.1 Å². The maximum atomic E-state index is 12.7. The van der Waals surface area contributed by atoms with Crippen molar-refractivity contribution >= 4 is 70.3 Å². The molecule has 0 atom stereocenters. The van der Waals surface area contributed by atoms with Crippen LogP contribution in [0.5, 0.6) is 0 Å². The summed E-state index contributed by atoms with van der Waals surface area (Å²) in [5.41, 5.74) is -0.391. The highest BCUT2D eigenvalue weighted by Crippen LogP contribution is 2.42. The molecule has 1 aromatic carbocycles. The first kappa shape index (κ1) is 33.7. The standard InChI is InChI=1S/C24H26Cl4O10/c1-13(2)21(29)35-9-5-33-7-11-37-23(31)15-16(18(26)20(28)19(27)17(15)25)24(32)38-12-8-34-6-10-36-22(30)14(3)4/h1,3,5-12H2,2,4H3. The Bertz CT molecular complexity index is 988. The molecule has 1 rings (SSSR count). The number of hydrogen-bond donors (Lipinski definition) is 0. The Balaban J connectivity index is 2.68. The second kappa shape index (κ2) is 17.3. The molecule has 0 bridgehead atoms. The van der Waals surface area contributed by atoms with Crippen LogP contribution in [-0.4, -0.2) is 76.7 Å². The van der Waals surface area contributed by atoms with Crippen molar-refractivity contribution in [3.05, 3.63) is 55.5 Å². The summed E-state index contributed by atoms with van der Waals surface area (Å²) in [6, 6.07) is 0. The van der Waals surface area contributed by atoms with Crippen LogP contribution in [-0.2, 0) is 38.0 Å². The summed E-state index contributed by atoms with van der Waals surface area (Å²) >= 11 is 24.4. The molecular formula is C24H26Cl4O10. The summed E-state index contributed by atoms with van der Waals surface area (Å²) in [5, 5.41) is -1.24. The minimum Gasteiger partial charge on any atom is -0.460 e. The van der Waals surface area contributed by atoms with Crippen LogP contribution in [0, 0.1) is 0 Å². The fourth-order valence-corrected chi connectivity index (χ4v) is 3.39. The van der Waals surface area contributed by atoms with Crippen LogP contribution in [0.4, 0.5) is 0 Å². The largest absolute Gasteiger partial charge is 0.460 e. The highest BCUT2D eigenvalue weighted by molar-refractivity contribution is 6.54. The molecule has 1 aromatic rings. The number of esters is 4. The van der Waals surface area contributed by atoms with E-state index in [1.165, 1.54) is 13.8 Å². The molecule has 0 amide bonds. The number of hydrogen-bond acceptors (Lipinski definition) is 10. The van der Waals surface area contributed by atoms with Crippen LogP contribution >= 0.6 is 46.4 Å². The third-order valence-corrected chi connectivity index (χ3v) is 6.02. The second-order valence-corrected chi connectivity index (χ2v) is 8.85. The summed E-state index contributed by atoms with van der Waals surface area (Å²) in [7, 11) is 0. The number of carbonyl (C=O) groups excluding carboxylic acids is 4. The molecule has 0 aliphatic carbocycles. The molecule has 0 radical (unpaired) electrons. The molecule has 10 nitrogen and oxygen atoms in total. The van der Waals surface area contributed by atoms with Gasteiger partial charge in [-0.25, -0.2) is 19.2 Å². The first-order valence-corrected chi connectivity index (χ1v) is 12.4. The van der Waals surface area contributed by atoms with Gasteiger partial charge < -0.3 is 28.4 Å². The highest BCUT2D eigenvalue weighted by Gasteiger charge is 2.31. The fraction of sp³-hybridized carbons (Fsp3) is 0.417. The number of halogens is 4. The number of benzene rings is 1. The molecule has 0 aliphatic rings. The quantitative estimate of drug-likeness (QED) is 0.0634. The third-order valence-electron chi connectivity index (χ3n) is 4.22. The second-order valence-electron chi connectivity index (χ2n) is 7.34. The van der Waals surface area contributed by atoms with Crippen molar-refractivity contribution in [3.63, 3.8) is 0 Å². The lowest BCUT2D eigenvalue weighted by Crippen LogP contribution is -2.20. The number of rotatable bonds is 16. The van der Waals surface area contributed by atoms with Gasteiger partial charge in [-0.1, -0.05) is 59.6 Å². The summed E-state index contributed by atoms with van der Waals surface area (Å²) < 4.78 is 30.4. The van der Waals surface area contributed by atoms with E-state index in [9.17, 15) is 19.2 Å². The van der Waals surface area contributed by atoms with Crippen molar-refractivity contribution in [2.75, 3.05) is 52.9 Å². The van der Waals surface area contributed by atoms with E-state index in [-0.39, 0.29) is 84.1 Å². The predicted molar refractivity (Wildman–Crippen MR) is 140 cm³/mol. The van der Waals surface area contributed by atoms with Gasteiger partial charge in [-0.3, -0.25) is 0 Å². The van der Waals surface area contributed by atoms with Crippen LogP contribution in [0.15, 0.2) is 24.3 Å². The number of carbonyl (C=O) groups is 4. The molecule has 0 saturated heterocycles. The fourth-order valence-electron chi connectivity index (χ4n) is 2.38. The zero-order valence-electron chi connectivity index (χ0n) is 20.7. The van der Waals surface area contributed by atoms with E-state index in [4.69, 9.17) is 74.8 Å². The minimum absolute atomic E-state index is 0.0206. The molecule has 0 aromatic heterocycles. The third kappa shape index (κ3) is 10.8. The smallest absolute Gasteiger partial charge is 0.340 e. The maximum Gasteiger partial charge on any atom is 0.340 e. The average molecular weight is 616 g/mol. The lowest BCUT2D eigenvalue weighted by molar-refractivity contribution is -0.141. The lowest BCUT2D eigenvalue weighted by Gasteiger charge is -2.15. The Labute approximate surface area is 239 Å². The van der Waals surface area contributed by atoms with Crippen LogP contribution < -0.4 is 0 Å². The average Bonchev–Trinajstić information content (AvgIpc) is 2.87. The predicted octanol–water partition coefficient (Wildman–Crippen LogP) is 4.89. The molecule has 0 heterocycles. The van der Waals surface area contributed by atoms with Gasteiger partial charge in [-0.2, -0.15) is 0 Å². The van der Waals surface area contributed by atoms with Gasteiger partial charge >= 0.3 is 23.9 Å². The zero-order valence-corrected chi connectivity index (χ0v) is 23.7. The van der Waals surface area contributed by atoms with E-state index < -0.39 is 35.0 Å². The first-order valence-electron chi connectivity index (χ1n) is 10.9. The van der Waals surface area contributed by atoms with Gasteiger partial charge in [-0.15, -0.1) is 0 Å². The van der Waals surface area contributed by atoms with E-state index in [0.717, 1.165) is 0 Å². The lowest BCUT2D eigenvalue weighted by atomic mass is 10.1. The van der Waals surface area contributed by atoms with E-state index >= 15 is 0 Å². The summed E-state index contributed by atoms with van der Waals surface area (Å²) in [4.78, 5) is 48.0. The van der Waals surface area contributed by atoms with Gasteiger partial charge in [-0.05, 0) is 13.8 Å². The molecular weight excluding hydrogens is 590 g/mol. The molecule has 0 saturated carbocycles. The van der Waals surface area contributed by atoms with Gasteiger partial charge in [0, 0.05) is 11.1 Å². The van der Waals surface area contributed by atoms with Crippen molar-refractivity contribution in [2.45, 2.75) is 13.8 Å². The van der Waals surface area contributed by atoms with Crippen molar-refractivity contribution in [1.29, 1.82) is 0 Å². The van der Waals surface area contributed by atoms with Crippen LogP contribution in [0.1, 0.15) is 34.6 Å². The van der Waals surface area contributed by atoms with Crippen LogP contribution in [0.25, 0.3) is 0 Å². The zero-order chi connectivity index (χ0) is 28.8. The van der Waals surface area contributed by atoms with Crippen molar-refractivity contribution in [2.24, 2.45) is 0 Å². The SMILES string of the molecule is C=C(C)C(=O)OCCOCCOC(=O)c1c(Cl)c(Cl)c(Cl)c(Cl)c1C(=O)OCCOCCOC(=O)C(=C)C. The van der Waals surface area contributed by atoms with E-state index in [2.05, 4.69) is 13.2 Å². The summed E-state index contributed by atoms with van der Waals surface area (Å²) in [6.07, 6.45) is 0. The Morgan fingerprint density at radius 2 is 0.816 bits per heavy atom. The van der Waals surface area contributed by atoms with E-state index in [0.29, 0.717) is 0 Å². The molecule has 210 valence electrons. The first-order chi connectivity index (χ1) is 17.9. The molecule has 0 N–H and O–H groups in total. The van der Waals surface area contributed by atoms with E-state index in [1.54, 1.807) is 0 Å². The van der Waals surface area contributed by atoms with Gasteiger partial charge in [0.1, 0.15) is 26.4 Å². The molecule has 0 unspecified atom stereocenters. The highest BCUT2D eigenvalue weighted by atomic mass is 35.5. The van der Waals surface area contributed by atoms with Gasteiger partial charge in [0.15, 0.2) is 0 Å². The van der Waals surface area contributed by atoms with Gasteiger partial charge in [0.2, 0.25) is 0 Å². The Morgan fingerprint density at radius 1 is 0.526 bits per heavy atom. The maximum absolute atomic E-state index is 12.7. The minimum atomic E-state index is -1.03. The van der Waals surface area contributed by atoms with E-state index in [1.807, 2.05) is 0 Å². The van der Waals surface area contributed by atoms with Gasteiger partial charge in [0.25, 0.3) is 0 Å². The number of ether oxygens (including phenoxy) is 6. The summed E-state index contributed by atoms with van der Waals surface area (Å²) in [6.45, 7) is 9.39. The van der Waals surface area contributed by atoms with Crippen molar-refractivity contribution in [1.82, 2.24) is 0 Å². The summed E-state index contributed by atoms with van der Waals surface area (Å²) in [5.74, 6) is -3.17. The molecule has 0 spiro atoms. The van der Waals surface area contributed by atoms with Crippen molar-refractivity contribution < 1.29 is 47.6 Å². The van der Waals surface area contributed by atoms with Crippen LogP contribution in [0.3, 0.4) is 0 Å². The normalized spacial score (nSPS) is 10.5. The van der Waals surface area contributed by atoms with Gasteiger partial charge in [0.05, 0.1) is 57.6 Å². The molecule has 0 aliphatic heterocycles. The molecule has 0 fully saturated rings. The van der Waals surface area contributed by atoms with Crippen molar-refractivity contribution in [3.8, 4) is 0 Å². The Kier molecular flexibility index (Phi) is 15.3. The monoisotopic (exact) mass is 614 g/mol. The Morgan fingerprint density at radius 3 is 1.11 bits per heavy atom. The molecule has 38 heavy (non-hydrogen) atoms. The Hall–Kier alpha value is -2.34. The topological polar surface area (TPSA) is 124 Å². The molecule has 14 heteroatoms.